The molecule has 1 aromatic heterocycles. The molecule has 0 radical (unpaired) electrons. The number of nitrogens with zero attached hydrogens (tertiary/aromatic N) is 1. The molecule has 0 unspecified atom stereocenters. The van der Waals surface area contributed by atoms with Gasteiger partial charge in [0.1, 0.15) is 6.09 Å². The highest BCUT2D eigenvalue weighted by Gasteiger charge is 2.33. The summed E-state index contributed by atoms with van der Waals surface area (Å²) in [6.45, 7) is 1.16. The summed E-state index contributed by atoms with van der Waals surface area (Å²) in [6.07, 6.45) is -3.34. The fraction of sp³-hybridized carbons (Fsp3) is 0.231. The number of carbonyl (C=O) groups excluding carboxylic acids is 3. The van der Waals surface area contributed by atoms with Gasteiger partial charge in [-0.3, -0.25) is 14.6 Å². The molecule has 1 fully saturated rings. The summed E-state index contributed by atoms with van der Waals surface area (Å²) in [4.78, 5) is 40.8. The van der Waals surface area contributed by atoms with Gasteiger partial charge >= 0.3 is 6.18 Å². The van der Waals surface area contributed by atoms with Crippen LogP contribution in [0.4, 0.5) is 29.3 Å². The van der Waals surface area contributed by atoms with Gasteiger partial charge < -0.3 is 20.5 Å². The molecule has 0 bridgehead atoms. The van der Waals surface area contributed by atoms with Crippen LogP contribution in [0.25, 0.3) is 11.1 Å². The summed E-state index contributed by atoms with van der Waals surface area (Å²) in [5.41, 5.74) is 0.831. The summed E-state index contributed by atoms with van der Waals surface area (Å²) < 4.78 is 40.0. The normalized spacial score (nSPS) is 13.2. The lowest BCUT2D eigenvalue weighted by atomic mass is 9.97. The number of anilines is 2. The van der Waals surface area contributed by atoms with Gasteiger partial charge in [-0.15, -0.1) is 0 Å². The molecule has 1 saturated carbocycles. The zero-order valence-corrected chi connectivity index (χ0v) is 19.1. The quantitative estimate of drug-likeness (QED) is 0.356. The number of nitrogens with one attached hydrogen (secondary N) is 2. The molecule has 2 amide bonds. The Hall–Kier alpha value is -4.21. The van der Waals surface area contributed by atoms with Gasteiger partial charge in [0.05, 0.1) is 29.1 Å². The smallest absolute Gasteiger partial charge is 0.416 e. The Morgan fingerprint density at radius 1 is 1.03 bits per heavy atom. The van der Waals surface area contributed by atoms with Gasteiger partial charge in [-0.2, -0.15) is 13.2 Å². The van der Waals surface area contributed by atoms with Crippen molar-refractivity contribution in [3.05, 3.63) is 77.1 Å². The average molecular weight is 496 g/mol. The van der Waals surface area contributed by atoms with Crippen molar-refractivity contribution in [3.63, 3.8) is 0 Å². The minimum Gasteiger partial charge on any atom is -0.530 e. The first-order valence-corrected chi connectivity index (χ1v) is 11.1. The van der Waals surface area contributed by atoms with Gasteiger partial charge in [0, 0.05) is 23.2 Å². The largest absolute Gasteiger partial charge is 0.530 e. The lowest BCUT2D eigenvalue weighted by Crippen LogP contribution is -2.29. The van der Waals surface area contributed by atoms with Crippen LogP contribution in [0.2, 0.25) is 0 Å². The molecule has 1 aliphatic rings. The summed E-state index contributed by atoms with van der Waals surface area (Å²) in [5.74, 6) is -1.07. The third-order valence-corrected chi connectivity index (χ3v) is 5.80. The molecule has 3 aromatic rings. The van der Waals surface area contributed by atoms with E-state index in [4.69, 9.17) is 0 Å². The van der Waals surface area contributed by atoms with Crippen LogP contribution in [0.5, 0.6) is 0 Å². The Morgan fingerprint density at radius 3 is 2.42 bits per heavy atom. The van der Waals surface area contributed by atoms with E-state index in [2.05, 4.69) is 10.3 Å². The number of carbonyl (C=O) groups is 3. The molecule has 0 atom stereocenters. The molecule has 0 saturated heterocycles. The first-order valence-electron chi connectivity index (χ1n) is 11.1. The van der Waals surface area contributed by atoms with E-state index in [1.54, 1.807) is 30.5 Å². The van der Waals surface area contributed by atoms with Gasteiger partial charge in [0.2, 0.25) is 5.91 Å². The van der Waals surface area contributed by atoms with Crippen LogP contribution in [0.3, 0.4) is 0 Å². The van der Waals surface area contributed by atoms with E-state index in [-0.39, 0.29) is 16.8 Å². The van der Waals surface area contributed by atoms with Crippen LogP contribution in [0.15, 0.2) is 54.7 Å². The topological polar surface area (TPSA) is 111 Å². The van der Waals surface area contributed by atoms with Crippen LogP contribution >= 0.6 is 0 Å². The number of amides is 2. The molecule has 0 aliphatic heterocycles. The lowest BCUT2D eigenvalue weighted by Gasteiger charge is -2.18. The predicted octanol–water partition coefficient (Wildman–Crippen LogP) is 4.92. The summed E-state index contributed by atoms with van der Waals surface area (Å²) in [7, 11) is 0. The Labute approximate surface area is 204 Å². The minimum absolute atomic E-state index is 0.251. The van der Waals surface area contributed by atoms with Crippen LogP contribution < -0.4 is 15.7 Å². The van der Waals surface area contributed by atoms with E-state index in [0.29, 0.717) is 12.0 Å². The fourth-order valence-corrected chi connectivity index (χ4v) is 3.98. The molecule has 186 valence electrons. The summed E-state index contributed by atoms with van der Waals surface area (Å²) >= 11 is 0. The molecule has 4 rings (SSSR count). The number of ketones is 1. The van der Waals surface area contributed by atoms with Gasteiger partial charge in [0.25, 0.3) is 0 Å². The van der Waals surface area contributed by atoms with Crippen LogP contribution in [0, 0.1) is 6.92 Å². The second-order valence-electron chi connectivity index (χ2n) is 8.56. The second-order valence-corrected chi connectivity index (χ2v) is 8.56. The van der Waals surface area contributed by atoms with Crippen LogP contribution in [-0.4, -0.2) is 22.8 Å². The van der Waals surface area contributed by atoms with E-state index in [9.17, 15) is 32.7 Å². The van der Waals surface area contributed by atoms with E-state index in [1.165, 1.54) is 0 Å². The monoisotopic (exact) mass is 496 g/mol. The third-order valence-electron chi connectivity index (χ3n) is 5.80. The standard InChI is InChI=1S/C26H22F3N3O4/c1-14-10-20(32-25(35)36)21(12-19(14)26(27,28)29)31-23(34)13-22(33)17-5-2-4-16(11-17)18-6-3-9-30-24(18)15-7-8-15/h2-6,9-12,15,32H,7-8,13H2,1H3,(H,31,34)(H,35,36)/p-1. The molecule has 10 heteroatoms. The number of rotatable bonds is 7. The van der Waals surface area contributed by atoms with Crippen molar-refractivity contribution in [1.29, 1.82) is 0 Å². The fourth-order valence-electron chi connectivity index (χ4n) is 3.98. The van der Waals surface area contributed by atoms with E-state index in [1.807, 2.05) is 17.4 Å². The van der Waals surface area contributed by atoms with Crippen LogP contribution in [0.1, 0.15) is 52.4 Å². The Morgan fingerprint density at radius 2 is 1.75 bits per heavy atom. The Kier molecular flexibility index (Phi) is 6.78. The molecule has 0 spiro atoms. The summed E-state index contributed by atoms with van der Waals surface area (Å²) in [6, 6.07) is 12.0. The Balaban J connectivity index is 1.54. The zero-order valence-electron chi connectivity index (χ0n) is 19.1. The van der Waals surface area contributed by atoms with Crippen molar-refractivity contribution in [2.45, 2.75) is 38.3 Å². The molecule has 7 nitrogen and oxygen atoms in total. The van der Waals surface area contributed by atoms with E-state index >= 15 is 0 Å². The zero-order chi connectivity index (χ0) is 26.0. The Bertz CT molecular complexity index is 1350. The highest BCUT2D eigenvalue weighted by atomic mass is 19.4. The second kappa shape index (κ2) is 9.80. The molecule has 2 aromatic carbocycles. The number of alkyl halides is 3. The SMILES string of the molecule is Cc1cc(NC(=O)[O-])c(NC(=O)CC(=O)c2cccc(-c3cccnc3C3CC3)c2)cc1C(F)(F)F. The van der Waals surface area contributed by atoms with Crippen molar-refractivity contribution in [3.8, 4) is 11.1 Å². The first kappa shape index (κ1) is 24.9. The molecule has 2 N–H and O–H groups in total. The van der Waals surface area contributed by atoms with E-state index in [0.717, 1.165) is 42.7 Å². The highest BCUT2D eigenvalue weighted by Crippen LogP contribution is 2.43. The number of aryl methyl sites for hydroxylation is 1. The minimum atomic E-state index is -4.73. The number of Topliss-reactive ketones (excluding diaryl/α,β-unsaturated/α-hetero) is 1. The number of pyridine rings is 1. The maximum Gasteiger partial charge on any atom is 0.416 e. The number of benzene rings is 2. The number of hydrogen-bond acceptors (Lipinski definition) is 5. The van der Waals surface area contributed by atoms with Gasteiger partial charge in [0.15, 0.2) is 5.78 Å². The average Bonchev–Trinajstić information content (AvgIpc) is 3.65. The molecule has 36 heavy (non-hydrogen) atoms. The maximum absolute atomic E-state index is 13.3. The van der Waals surface area contributed by atoms with Crippen molar-refractivity contribution in [1.82, 2.24) is 4.98 Å². The van der Waals surface area contributed by atoms with Gasteiger partial charge in [-0.05, 0) is 55.2 Å². The third kappa shape index (κ3) is 5.70. The van der Waals surface area contributed by atoms with Crippen molar-refractivity contribution >= 4 is 29.2 Å². The molecular formula is C26H21F3N3O4-. The van der Waals surface area contributed by atoms with Crippen molar-refractivity contribution in [2.24, 2.45) is 0 Å². The number of aromatic nitrogens is 1. The highest BCUT2D eigenvalue weighted by molar-refractivity contribution is 6.12. The number of halogens is 3. The van der Waals surface area contributed by atoms with Gasteiger partial charge in [-0.1, -0.05) is 24.3 Å². The van der Waals surface area contributed by atoms with Gasteiger partial charge in [-0.25, -0.2) is 0 Å². The first-order chi connectivity index (χ1) is 17.0. The molecule has 1 heterocycles. The molecule has 1 aliphatic carbocycles. The van der Waals surface area contributed by atoms with Crippen molar-refractivity contribution < 1.29 is 32.7 Å². The predicted molar refractivity (Wildman–Crippen MR) is 124 cm³/mol. The molecular weight excluding hydrogens is 475 g/mol. The number of hydrogen-bond donors (Lipinski definition) is 2. The maximum atomic E-state index is 13.3. The van der Waals surface area contributed by atoms with Crippen LogP contribution in [-0.2, 0) is 11.0 Å². The van der Waals surface area contributed by atoms with E-state index < -0.39 is 41.6 Å². The number of carboxylic acid groups (broad SMARTS) is 1. The summed E-state index contributed by atoms with van der Waals surface area (Å²) in [5, 5.41) is 15.0. The van der Waals surface area contributed by atoms with Crippen molar-refractivity contribution in [2.75, 3.05) is 10.6 Å². The lowest BCUT2D eigenvalue weighted by molar-refractivity contribution is -0.242.